The van der Waals surface area contributed by atoms with Gasteiger partial charge in [-0.1, -0.05) is 18.2 Å². The molecular formula is C21H16F3NO4. The van der Waals surface area contributed by atoms with Crippen LogP contribution in [0, 0.1) is 0 Å². The molecule has 29 heavy (non-hydrogen) atoms. The summed E-state index contributed by atoms with van der Waals surface area (Å²) in [6, 6.07) is 11.4. The molecule has 5 nitrogen and oxygen atoms in total. The van der Waals surface area contributed by atoms with E-state index in [0.29, 0.717) is 11.3 Å². The Morgan fingerprint density at radius 1 is 1.10 bits per heavy atom. The van der Waals surface area contributed by atoms with Crippen molar-refractivity contribution in [2.24, 2.45) is 0 Å². The third-order valence-corrected chi connectivity index (χ3v) is 5.07. The Labute approximate surface area is 164 Å². The van der Waals surface area contributed by atoms with Crippen molar-refractivity contribution < 1.29 is 32.2 Å². The van der Waals surface area contributed by atoms with Gasteiger partial charge in [-0.05, 0) is 35.9 Å². The van der Waals surface area contributed by atoms with E-state index in [-0.39, 0.29) is 24.4 Å². The van der Waals surface area contributed by atoms with E-state index in [2.05, 4.69) is 0 Å². The van der Waals surface area contributed by atoms with Gasteiger partial charge in [-0.15, -0.1) is 0 Å². The first-order chi connectivity index (χ1) is 13.8. The zero-order chi connectivity index (χ0) is 20.8. The maximum absolute atomic E-state index is 13.1. The Morgan fingerprint density at radius 3 is 2.48 bits per heavy atom. The first-order valence-corrected chi connectivity index (χ1v) is 8.84. The number of carbonyl (C=O) groups excluding carboxylic acids is 2. The molecule has 0 unspecified atom stereocenters. The van der Waals surface area contributed by atoms with Gasteiger partial charge in [0.25, 0.3) is 0 Å². The SMILES string of the molecule is COc1ccc([C@H]2CC(=O)N(c3cccc(C(F)(F)F)c3)C3=C2C(=O)OC3)cc1. The van der Waals surface area contributed by atoms with Gasteiger partial charge in [0.2, 0.25) is 5.91 Å². The molecule has 0 spiro atoms. The molecule has 2 aromatic rings. The molecule has 2 aromatic carbocycles. The molecule has 1 amide bonds. The van der Waals surface area contributed by atoms with Gasteiger partial charge in [0.1, 0.15) is 12.4 Å². The van der Waals surface area contributed by atoms with Crippen LogP contribution in [0.1, 0.15) is 23.5 Å². The van der Waals surface area contributed by atoms with Gasteiger partial charge >= 0.3 is 12.1 Å². The first-order valence-electron chi connectivity index (χ1n) is 8.84. The second-order valence-corrected chi connectivity index (χ2v) is 6.74. The summed E-state index contributed by atoms with van der Waals surface area (Å²) in [7, 11) is 1.53. The second-order valence-electron chi connectivity index (χ2n) is 6.74. The second kappa shape index (κ2) is 6.95. The number of methoxy groups -OCH3 is 1. The van der Waals surface area contributed by atoms with Crippen LogP contribution in [0.3, 0.4) is 0 Å². The van der Waals surface area contributed by atoms with E-state index in [0.717, 1.165) is 22.6 Å². The maximum Gasteiger partial charge on any atom is 0.416 e. The lowest BCUT2D eigenvalue weighted by Gasteiger charge is -2.32. The summed E-state index contributed by atoms with van der Waals surface area (Å²) in [5.74, 6) is -0.863. The number of esters is 1. The average molecular weight is 403 g/mol. The zero-order valence-corrected chi connectivity index (χ0v) is 15.3. The quantitative estimate of drug-likeness (QED) is 0.726. The summed E-state index contributed by atoms with van der Waals surface area (Å²) in [5, 5.41) is 0. The lowest BCUT2D eigenvalue weighted by molar-refractivity contribution is -0.138. The fourth-order valence-corrected chi connectivity index (χ4v) is 3.70. The number of cyclic esters (lactones) is 1. The monoisotopic (exact) mass is 403 g/mol. The van der Waals surface area contributed by atoms with Crippen LogP contribution in [0.4, 0.5) is 18.9 Å². The maximum atomic E-state index is 13.1. The number of benzene rings is 2. The molecule has 4 rings (SSSR count). The van der Waals surface area contributed by atoms with Crippen LogP contribution in [-0.4, -0.2) is 25.6 Å². The molecule has 150 valence electrons. The number of hydrogen-bond acceptors (Lipinski definition) is 4. The predicted molar refractivity (Wildman–Crippen MR) is 97.3 cm³/mol. The Balaban J connectivity index is 1.78. The third kappa shape index (κ3) is 3.35. The Kier molecular flexibility index (Phi) is 4.56. The number of anilines is 1. The van der Waals surface area contributed by atoms with E-state index in [1.54, 1.807) is 24.3 Å². The molecule has 0 radical (unpaired) electrons. The van der Waals surface area contributed by atoms with E-state index in [4.69, 9.17) is 9.47 Å². The number of halogens is 3. The highest BCUT2D eigenvalue weighted by Crippen LogP contribution is 2.43. The molecule has 0 fully saturated rings. The normalized spacial score (nSPS) is 19.3. The molecule has 0 aromatic heterocycles. The Bertz CT molecular complexity index is 1010. The van der Waals surface area contributed by atoms with Crippen molar-refractivity contribution in [2.45, 2.75) is 18.5 Å². The summed E-state index contributed by atoms with van der Waals surface area (Å²) < 4.78 is 49.6. The largest absolute Gasteiger partial charge is 0.497 e. The summed E-state index contributed by atoms with van der Waals surface area (Å²) in [5.41, 5.74) is 0.504. The van der Waals surface area contributed by atoms with Crippen LogP contribution in [0.5, 0.6) is 5.75 Å². The summed E-state index contributed by atoms with van der Waals surface area (Å²) in [6.07, 6.45) is -4.60. The van der Waals surface area contributed by atoms with E-state index in [1.165, 1.54) is 19.2 Å². The van der Waals surface area contributed by atoms with Crippen molar-refractivity contribution in [2.75, 3.05) is 18.6 Å². The smallest absolute Gasteiger partial charge is 0.416 e. The van der Waals surface area contributed by atoms with Crippen LogP contribution in [0.15, 0.2) is 59.8 Å². The summed E-state index contributed by atoms with van der Waals surface area (Å²) in [4.78, 5) is 26.5. The van der Waals surface area contributed by atoms with Crippen molar-refractivity contribution in [1.29, 1.82) is 0 Å². The molecule has 8 heteroatoms. The van der Waals surface area contributed by atoms with Crippen LogP contribution in [-0.2, 0) is 20.5 Å². The third-order valence-electron chi connectivity index (χ3n) is 5.07. The number of carbonyl (C=O) groups is 2. The molecule has 0 N–H and O–H groups in total. The number of nitrogens with zero attached hydrogens (tertiary/aromatic N) is 1. The van der Waals surface area contributed by atoms with Crippen molar-refractivity contribution in [3.8, 4) is 5.75 Å². The molecule has 1 atom stereocenters. The molecule has 0 aliphatic carbocycles. The van der Waals surface area contributed by atoms with Gasteiger partial charge in [0.15, 0.2) is 0 Å². The standard InChI is InChI=1S/C21H16F3NO4/c1-28-15-7-5-12(6-8-15)16-10-18(26)25(17-11-29-20(27)19(16)17)14-4-2-3-13(9-14)21(22,23)24/h2-9,16H,10-11H2,1H3/t16-/m1/s1. The molecule has 0 saturated carbocycles. The molecule has 2 aliphatic rings. The van der Waals surface area contributed by atoms with E-state index < -0.39 is 29.5 Å². The number of hydrogen-bond donors (Lipinski definition) is 0. The Hall–Kier alpha value is -3.29. The zero-order valence-electron chi connectivity index (χ0n) is 15.3. The van der Waals surface area contributed by atoms with E-state index in [1.807, 2.05) is 0 Å². The fraction of sp³-hybridized carbons (Fsp3) is 0.238. The number of amides is 1. The van der Waals surface area contributed by atoms with Crippen molar-refractivity contribution in [1.82, 2.24) is 0 Å². The summed E-state index contributed by atoms with van der Waals surface area (Å²) >= 11 is 0. The van der Waals surface area contributed by atoms with Gasteiger partial charge in [0, 0.05) is 18.0 Å². The minimum Gasteiger partial charge on any atom is -0.497 e. The fourth-order valence-electron chi connectivity index (χ4n) is 3.70. The predicted octanol–water partition coefficient (Wildman–Crippen LogP) is 4.05. The van der Waals surface area contributed by atoms with Crippen molar-refractivity contribution >= 4 is 17.6 Å². The van der Waals surface area contributed by atoms with Gasteiger partial charge in [-0.2, -0.15) is 13.2 Å². The van der Waals surface area contributed by atoms with Crippen molar-refractivity contribution in [3.05, 3.63) is 70.9 Å². The number of alkyl halides is 3. The summed E-state index contributed by atoms with van der Waals surface area (Å²) in [6.45, 7) is -0.164. The number of rotatable bonds is 3. The molecule has 0 saturated heterocycles. The topological polar surface area (TPSA) is 55.8 Å². The highest BCUT2D eigenvalue weighted by Gasteiger charge is 2.43. The minimum absolute atomic E-state index is 0.0590. The first kappa shape index (κ1) is 19.0. The highest BCUT2D eigenvalue weighted by atomic mass is 19.4. The van der Waals surface area contributed by atoms with Crippen LogP contribution in [0.25, 0.3) is 0 Å². The lowest BCUT2D eigenvalue weighted by Crippen LogP contribution is -2.37. The van der Waals surface area contributed by atoms with E-state index in [9.17, 15) is 22.8 Å². The lowest BCUT2D eigenvalue weighted by atomic mass is 9.84. The molecular weight excluding hydrogens is 387 g/mol. The highest BCUT2D eigenvalue weighted by molar-refractivity contribution is 6.06. The van der Waals surface area contributed by atoms with Crippen LogP contribution in [0.2, 0.25) is 0 Å². The van der Waals surface area contributed by atoms with Gasteiger partial charge in [-0.25, -0.2) is 4.79 Å². The van der Waals surface area contributed by atoms with Crippen LogP contribution < -0.4 is 9.64 Å². The van der Waals surface area contributed by atoms with Gasteiger partial charge in [-0.3, -0.25) is 9.69 Å². The van der Waals surface area contributed by atoms with Crippen LogP contribution >= 0.6 is 0 Å². The average Bonchev–Trinajstić information content (AvgIpc) is 3.08. The molecule has 2 heterocycles. The molecule has 0 bridgehead atoms. The Morgan fingerprint density at radius 2 is 1.83 bits per heavy atom. The van der Waals surface area contributed by atoms with Crippen molar-refractivity contribution in [3.63, 3.8) is 0 Å². The van der Waals surface area contributed by atoms with Gasteiger partial charge < -0.3 is 9.47 Å². The minimum atomic E-state index is -4.54. The molecule has 2 aliphatic heterocycles. The van der Waals surface area contributed by atoms with E-state index >= 15 is 0 Å². The van der Waals surface area contributed by atoms with Gasteiger partial charge in [0.05, 0.1) is 23.9 Å². The number of ether oxygens (including phenoxy) is 2.